The van der Waals surface area contributed by atoms with E-state index < -0.39 is 0 Å². The highest BCUT2D eigenvalue weighted by atomic mass is 79.9. The molecule has 0 spiro atoms. The first-order valence-electron chi connectivity index (χ1n) is 10.9. The Labute approximate surface area is 204 Å². The minimum atomic E-state index is -0.357. The molecule has 5 nitrogen and oxygen atoms in total. The maximum Gasteiger partial charge on any atom is 0.277 e. The van der Waals surface area contributed by atoms with Crippen LogP contribution in [0.4, 0.5) is 0 Å². The summed E-state index contributed by atoms with van der Waals surface area (Å²) >= 11 is 3.54. The molecule has 0 aliphatic heterocycles. The molecule has 0 heterocycles. The Kier molecular flexibility index (Phi) is 7.17. The highest BCUT2D eigenvalue weighted by Crippen LogP contribution is 2.39. The Bertz CT molecular complexity index is 1170. The number of aromatic hydroxyl groups is 1. The van der Waals surface area contributed by atoms with Crippen LogP contribution in [0.1, 0.15) is 58.2 Å². The molecule has 0 aliphatic rings. The maximum absolute atomic E-state index is 12.3. The van der Waals surface area contributed by atoms with Gasteiger partial charge in [0.15, 0.2) is 6.61 Å². The molecular formula is C27H31BrN2O3. The third kappa shape index (κ3) is 5.93. The normalized spacial score (nSPS) is 12.3. The van der Waals surface area contributed by atoms with Crippen LogP contribution in [0.15, 0.2) is 58.1 Å². The first kappa shape index (κ1) is 24.8. The van der Waals surface area contributed by atoms with Gasteiger partial charge in [0, 0.05) is 21.0 Å². The number of hydrogen-bond acceptors (Lipinski definition) is 4. The number of carbonyl (C=O) groups is 1. The fourth-order valence-electron chi connectivity index (χ4n) is 3.59. The molecule has 1 amide bonds. The quantitative estimate of drug-likeness (QED) is 0.306. The van der Waals surface area contributed by atoms with Crippen molar-refractivity contribution in [2.24, 2.45) is 5.10 Å². The summed E-state index contributed by atoms with van der Waals surface area (Å²) < 4.78 is 6.71. The van der Waals surface area contributed by atoms with Gasteiger partial charge in [-0.05, 0) is 46.0 Å². The number of phenols is 1. The largest absolute Gasteiger partial charge is 0.507 e. The lowest BCUT2D eigenvalue weighted by atomic mass is 9.78. The number of halogens is 1. The van der Waals surface area contributed by atoms with Gasteiger partial charge in [-0.2, -0.15) is 5.10 Å². The van der Waals surface area contributed by atoms with Gasteiger partial charge in [-0.15, -0.1) is 0 Å². The Morgan fingerprint density at radius 3 is 2.15 bits per heavy atom. The average molecular weight is 511 g/mol. The molecule has 174 valence electrons. The number of nitrogens with zero attached hydrogens (tertiary/aromatic N) is 1. The Morgan fingerprint density at radius 2 is 1.58 bits per heavy atom. The summed E-state index contributed by atoms with van der Waals surface area (Å²) in [6, 6.07) is 15.4. The highest BCUT2D eigenvalue weighted by Gasteiger charge is 2.26. The van der Waals surface area contributed by atoms with Crippen molar-refractivity contribution < 1.29 is 14.6 Å². The van der Waals surface area contributed by atoms with Crippen molar-refractivity contribution in [2.45, 2.75) is 52.4 Å². The van der Waals surface area contributed by atoms with Gasteiger partial charge in [-0.3, -0.25) is 4.79 Å². The van der Waals surface area contributed by atoms with Gasteiger partial charge in [0.1, 0.15) is 11.5 Å². The third-order valence-electron chi connectivity index (χ3n) is 5.34. The molecule has 3 aromatic carbocycles. The molecule has 2 N–H and O–H groups in total. The number of amides is 1. The number of benzene rings is 3. The Morgan fingerprint density at radius 1 is 1.00 bits per heavy atom. The zero-order chi connectivity index (χ0) is 24.4. The van der Waals surface area contributed by atoms with E-state index in [0.29, 0.717) is 11.5 Å². The number of carbonyl (C=O) groups excluding carboxylic acids is 1. The second kappa shape index (κ2) is 9.56. The number of ether oxygens (including phenoxy) is 1. The van der Waals surface area contributed by atoms with Gasteiger partial charge in [0.25, 0.3) is 5.91 Å². The van der Waals surface area contributed by atoms with Crippen LogP contribution in [-0.4, -0.2) is 23.8 Å². The zero-order valence-corrected chi connectivity index (χ0v) is 21.6. The molecule has 0 aliphatic carbocycles. The van der Waals surface area contributed by atoms with Gasteiger partial charge in [-0.1, -0.05) is 81.7 Å². The van der Waals surface area contributed by atoms with E-state index in [4.69, 9.17) is 4.74 Å². The van der Waals surface area contributed by atoms with E-state index in [-0.39, 0.29) is 23.3 Å². The molecule has 0 aromatic heterocycles. The van der Waals surface area contributed by atoms with Crippen molar-refractivity contribution in [2.75, 3.05) is 6.61 Å². The summed E-state index contributed by atoms with van der Waals surface area (Å²) in [6.45, 7) is 12.2. The van der Waals surface area contributed by atoms with Gasteiger partial charge < -0.3 is 9.84 Å². The fourth-order valence-corrected chi connectivity index (χ4v) is 4.07. The molecule has 3 aromatic rings. The van der Waals surface area contributed by atoms with Gasteiger partial charge in [0.2, 0.25) is 0 Å². The van der Waals surface area contributed by atoms with E-state index in [1.54, 1.807) is 6.21 Å². The fraction of sp³-hybridized carbons (Fsp3) is 0.333. The standard InChI is InChI=1S/C27H31BrN2O3/c1-26(2,3)20-13-17(14-21(25(20)32)27(4,5)6)15-29-30-24(31)16-33-23-12-11-22(28)18-9-7-8-10-19(18)23/h7-15,32H,16H2,1-6H3,(H,30,31)/b29-15+. The number of hydrazone groups is 1. The number of fused-ring (bicyclic) bond motifs is 1. The lowest BCUT2D eigenvalue weighted by Crippen LogP contribution is -2.24. The number of rotatable bonds is 5. The summed E-state index contributed by atoms with van der Waals surface area (Å²) in [5, 5.41) is 16.9. The Balaban J connectivity index is 1.73. The van der Waals surface area contributed by atoms with Crippen LogP contribution in [0, 0.1) is 0 Å². The van der Waals surface area contributed by atoms with E-state index in [1.165, 1.54) is 0 Å². The second-order valence-electron chi connectivity index (χ2n) is 10.1. The number of hydrogen-bond donors (Lipinski definition) is 2. The molecule has 33 heavy (non-hydrogen) atoms. The van der Waals surface area contributed by atoms with E-state index in [9.17, 15) is 9.90 Å². The van der Waals surface area contributed by atoms with E-state index in [1.807, 2.05) is 48.5 Å². The SMILES string of the molecule is CC(C)(C)c1cc(/C=N/NC(=O)COc2ccc(Br)c3ccccc23)cc(C(C)(C)C)c1O. The molecule has 0 saturated carbocycles. The lowest BCUT2D eigenvalue weighted by Gasteiger charge is -2.27. The van der Waals surface area contributed by atoms with Gasteiger partial charge in [0.05, 0.1) is 6.21 Å². The molecule has 0 bridgehead atoms. The number of nitrogens with one attached hydrogen (secondary N) is 1. The van der Waals surface area contributed by atoms with Crippen LogP contribution in [-0.2, 0) is 15.6 Å². The predicted octanol–water partition coefficient (Wildman–Crippen LogP) is 6.43. The summed E-state index contributed by atoms with van der Waals surface area (Å²) in [7, 11) is 0. The van der Waals surface area contributed by atoms with Crippen LogP contribution in [0.3, 0.4) is 0 Å². The van der Waals surface area contributed by atoms with Crippen LogP contribution >= 0.6 is 15.9 Å². The smallest absolute Gasteiger partial charge is 0.277 e. The molecule has 0 saturated heterocycles. The molecule has 0 fully saturated rings. The summed E-state index contributed by atoms with van der Waals surface area (Å²) in [6.07, 6.45) is 1.59. The van der Waals surface area contributed by atoms with Crippen LogP contribution < -0.4 is 10.2 Å². The van der Waals surface area contributed by atoms with Crippen molar-refractivity contribution >= 4 is 38.8 Å². The van der Waals surface area contributed by atoms with Crippen LogP contribution in [0.25, 0.3) is 10.8 Å². The topological polar surface area (TPSA) is 70.9 Å². The summed E-state index contributed by atoms with van der Waals surface area (Å²) in [5.41, 5.74) is 4.54. The predicted molar refractivity (Wildman–Crippen MR) is 138 cm³/mol. The summed E-state index contributed by atoms with van der Waals surface area (Å²) in [5.74, 6) is 0.589. The molecular weight excluding hydrogens is 480 g/mol. The van der Waals surface area contributed by atoms with Crippen molar-refractivity contribution in [3.05, 3.63) is 69.7 Å². The van der Waals surface area contributed by atoms with Crippen molar-refractivity contribution in [3.63, 3.8) is 0 Å². The Hall–Kier alpha value is -2.86. The number of phenolic OH excluding ortho intramolecular Hbond substituents is 1. The van der Waals surface area contributed by atoms with Gasteiger partial charge in [-0.25, -0.2) is 5.43 Å². The highest BCUT2D eigenvalue weighted by molar-refractivity contribution is 9.10. The first-order chi connectivity index (χ1) is 15.4. The zero-order valence-electron chi connectivity index (χ0n) is 20.0. The monoisotopic (exact) mass is 510 g/mol. The minimum Gasteiger partial charge on any atom is -0.507 e. The molecule has 6 heteroatoms. The van der Waals surface area contributed by atoms with E-state index >= 15 is 0 Å². The van der Waals surface area contributed by atoms with Gasteiger partial charge >= 0.3 is 0 Å². The summed E-state index contributed by atoms with van der Waals surface area (Å²) in [4.78, 5) is 12.3. The molecule has 0 unspecified atom stereocenters. The average Bonchev–Trinajstić information content (AvgIpc) is 2.73. The van der Waals surface area contributed by atoms with Crippen LogP contribution in [0.2, 0.25) is 0 Å². The third-order valence-corrected chi connectivity index (χ3v) is 6.03. The van der Waals surface area contributed by atoms with Crippen molar-refractivity contribution in [1.82, 2.24) is 5.43 Å². The van der Waals surface area contributed by atoms with E-state index in [2.05, 4.69) is 68.0 Å². The van der Waals surface area contributed by atoms with E-state index in [0.717, 1.165) is 31.9 Å². The lowest BCUT2D eigenvalue weighted by molar-refractivity contribution is -0.123. The second-order valence-corrected chi connectivity index (χ2v) is 11.0. The molecule has 3 rings (SSSR count). The molecule has 0 atom stereocenters. The van der Waals surface area contributed by atoms with Crippen molar-refractivity contribution in [3.8, 4) is 11.5 Å². The van der Waals surface area contributed by atoms with Crippen molar-refractivity contribution in [1.29, 1.82) is 0 Å². The van der Waals surface area contributed by atoms with Crippen LogP contribution in [0.5, 0.6) is 11.5 Å². The maximum atomic E-state index is 12.3. The molecule has 0 radical (unpaired) electrons. The minimum absolute atomic E-state index is 0.154. The first-order valence-corrected chi connectivity index (χ1v) is 11.7.